The van der Waals surface area contributed by atoms with E-state index in [0.717, 1.165) is 29.7 Å². The van der Waals surface area contributed by atoms with Gasteiger partial charge in [-0.2, -0.15) is 0 Å². The number of fused-ring (bicyclic) bond motifs is 3. The van der Waals surface area contributed by atoms with Gasteiger partial charge in [-0.1, -0.05) is 48.5 Å². The average Bonchev–Trinajstić information content (AvgIpc) is 2.98. The Labute approximate surface area is 118 Å². The van der Waals surface area contributed by atoms with Crippen LogP contribution in [0.5, 0.6) is 0 Å². The van der Waals surface area contributed by atoms with E-state index in [4.69, 9.17) is 0 Å². The Morgan fingerprint density at radius 2 is 1.70 bits per heavy atom. The van der Waals surface area contributed by atoms with Gasteiger partial charge in [0.1, 0.15) is 0 Å². The first-order valence-corrected chi connectivity index (χ1v) is 7.00. The van der Waals surface area contributed by atoms with Crippen molar-refractivity contribution < 1.29 is 4.79 Å². The maximum Gasteiger partial charge on any atom is 0.254 e. The molecule has 1 amide bonds. The summed E-state index contributed by atoms with van der Waals surface area (Å²) in [5, 5.41) is 0. The van der Waals surface area contributed by atoms with Crippen molar-refractivity contribution in [3.8, 4) is 0 Å². The van der Waals surface area contributed by atoms with Gasteiger partial charge >= 0.3 is 0 Å². The molecule has 0 spiro atoms. The Balaban J connectivity index is 1.70. The predicted molar refractivity (Wildman–Crippen MR) is 80.5 cm³/mol. The van der Waals surface area contributed by atoms with Crippen LogP contribution in [-0.2, 0) is 11.2 Å². The van der Waals surface area contributed by atoms with Crippen LogP contribution >= 0.6 is 0 Å². The second kappa shape index (κ2) is 4.34. The Morgan fingerprint density at radius 3 is 2.55 bits per heavy atom. The molecule has 1 unspecified atom stereocenters. The molecule has 2 aromatic carbocycles. The smallest absolute Gasteiger partial charge is 0.254 e. The highest BCUT2D eigenvalue weighted by Gasteiger charge is 2.41. The molecule has 0 aromatic heterocycles. The van der Waals surface area contributed by atoms with E-state index in [2.05, 4.69) is 12.1 Å². The first kappa shape index (κ1) is 11.5. The van der Waals surface area contributed by atoms with Crippen LogP contribution in [0.25, 0.3) is 6.08 Å². The standard InChI is InChI=1S/C18H15NO/c20-18-15(10-13-6-2-1-3-7-13)12-16-11-14-8-4-5-9-17(14)19(16)18/h1-10,16H,11-12H2/b15-10-. The number of benzene rings is 2. The second-order valence-electron chi connectivity index (χ2n) is 5.45. The highest BCUT2D eigenvalue weighted by molar-refractivity contribution is 6.12. The predicted octanol–water partition coefficient (Wildman–Crippen LogP) is 3.43. The number of anilines is 1. The number of carbonyl (C=O) groups excluding carboxylic acids is 1. The molecule has 98 valence electrons. The Bertz CT molecular complexity index is 702. The minimum Gasteiger partial charge on any atom is -0.305 e. The lowest BCUT2D eigenvalue weighted by Crippen LogP contribution is -2.29. The van der Waals surface area contributed by atoms with Crippen LogP contribution in [0, 0.1) is 0 Å². The van der Waals surface area contributed by atoms with Crippen molar-refractivity contribution in [2.45, 2.75) is 18.9 Å². The second-order valence-corrected chi connectivity index (χ2v) is 5.45. The minimum absolute atomic E-state index is 0.170. The topological polar surface area (TPSA) is 20.3 Å². The monoisotopic (exact) mass is 261 g/mol. The molecule has 2 aliphatic heterocycles. The van der Waals surface area contributed by atoms with Crippen molar-refractivity contribution >= 4 is 17.7 Å². The summed E-state index contributed by atoms with van der Waals surface area (Å²) < 4.78 is 0. The lowest BCUT2D eigenvalue weighted by molar-refractivity contribution is -0.114. The van der Waals surface area contributed by atoms with E-state index in [0.29, 0.717) is 6.04 Å². The third kappa shape index (κ3) is 1.68. The summed E-state index contributed by atoms with van der Waals surface area (Å²) in [5.74, 6) is 0.170. The molecular formula is C18H15NO. The molecule has 2 heteroatoms. The zero-order valence-electron chi connectivity index (χ0n) is 11.1. The third-order valence-corrected chi connectivity index (χ3v) is 4.16. The SMILES string of the molecule is O=C1/C(=C\c2ccccc2)CC2Cc3ccccc3N12. The average molecular weight is 261 g/mol. The van der Waals surface area contributed by atoms with Gasteiger partial charge in [-0.15, -0.1) is 0 Å². The lowest BCUT2D eigenvalue weighted by Gasteiger charge is -2.15. The number of amides is 1. The van der Waals surface area contributed by atoms with Crippen molar-refractivity contribution in [1.29, 1.82) is 0 Å². The molecular weight excluding hydrogens is 246 g/mol. The van der Waals surface area contributed by atoms with Gasteiger partial charge in [0.15, 0.2) is 0 Å². The zero-order valence-corrected chi connectivity index (χ0v) is 11.1. The molecule has 20 heavy (non-hydrogen) atoms. The van der Waals surface area contributed by atoms with Crippen LogP contribution in [0.1, 0.15) is 17.5 Å². The number of hydrogen-bond donors (Lipinski definition) is 0. The summed E-state index contributed by atoms with van der Waals surface area (Å²) in [7, 11) is 0. The number of carbonyl (C=O) groups is 1. The Morgan fingerprint density at radius 1 is 0.950 bits per heavy atom. The molecule has 2 aliphatic rings. The molecule has 0 saturated carbocycles. The first-order valence-electron chi connectivity index (χ1n) is 7.00. The fourth-order valence-corrected chi connectivity index (χ4v) is 3.27. The zero-order chi connectivity index (χ0) is 13.5. The molecule has 2 heterocycles. The first-order chi connectivity index (χ1) is 9.83. The van der Waals surface area contributed by atoms with Crippen molar-refractivity contribution in [1.82, 2.24) is 0 Å². The number of nitrogens with zero attached hydrogens (tertiary/aromatic N) is 1. The van der Waals surface area contributed by atoms with E-state index >= 15 is 0 Å². The lowest BCUT2D eigenvalue weighted by atomic mass is 10.0. The van der Waals surface area contributed by atoms with Crippen LogP contribution in [-0.4, -0.2) is 11.9 Å². The van der Waals surface area contributed by atoms with E-state index in [1.807, 2.05) is 53.4 Å². The van der Waals surface area contributed by atoms with Crippen molar-refractivity contribution in [2.75, 3.05) is 4.90 Å². The molecule has 0 aliphatic carbocycles. The molecule has 1 saturated heterocycles. The van der Waals surface area contributed by atoms with E-state index in [1.165, 1.54) is 5.56 Å². The maximum absolute atomic E-state index is 12.6. The van der Waals surface area contributed by atoms with Crippen LogP contribution in [0.15, 0.2) is 60.2 Å². The number of rotatable bonds is 1. The number of hydrogen-bond acceptors (Lipinski definition) is 1. The molecule has 0 N–H and O–H groups in total. The van der Waals surface area contributed by atoms with Crippen LogP contribution in [0.2, 0.25) is 0 Å². The van der Waals surface area contributed by atoms with Gasteiger partial charge in [0, 0.05) is 17.3 Å². The summed E-state index contributed by atoms with van der Waals surface area (Å²) in [5.41, 5.74) is 4.42. The van der Waals surface area contributed by atoms with E-state index in [-0.39, 0.29) is 5.91 Å². The highest BCUT2D eigenvalue weighted by atomic mass is 16.2. The molecule has 0 radical (unpaired) electrons. The van der Waals surface area contributed by atoms with Gasteiger partial charge in [-0.25, -0.2) is 0 Å². The Hall–Kier alpha value is -2.35. The summed E-state index contributed by atoms with van der Waals surface area (Å²) in [6.07, 6.45) is 3.86. The summed E-state index contributed by atoms with van der Waals surface area (Å²) in [6.45, 7) is 0. The molecule has 2 nitrogen and oxygen atoms in total. The van der Waals surface area contributed by atoms with Crippen LogP contribution in [0.4, 0.5) is 5.69 Å². The highest BCUT2D eigenvalue weighted by Crippen LogP contribution is 2.40. The van der Waals surface area contributed by atoms with Gasteiger partial charge in [0.25, 0.3) is 5.91 Å². The quantitative estimate of drug-likeness (QED) is 0.720. The van der Waals surface area contributed by atoms with E-state index in [1.54, 1.807) is 0 Å². The molecule has 2 aromatic rings. The normalized spacial score (nSPS) is 22.2. The van der Waals surface area contributed by atoms with Gasteiger partial charge in [-0.3, -0.25) is 4.79 Å². The van der Waals surface area contributed by atoms with Crippen molar-refractivity contribution in [3.63, 3.8) is 0 Å². The van der Waals surface area contributed by atoms with Gasteiger partial charge < -0.3 is 4.90 Å². The summed E-state index contributed by atoms with van der Waals surface area (Å²) >= 11 is 0. The number of para-hydroxylation sites is 1. The van der Waals surface area contributed by atoms with Crippen LogP contribution in [0.3, 0.4) is 0 Å². The summed E-state index contributed by atoms with van der Waals surface area (Å²) in [6, 6.07) is 18.6. The fourth-order valence-electron chi connectivity index (χ4n) is 3.27. The van der Waals surface area contributed by atoms with Gasteiger partial charge in [0.05, 0.1) is 0 Å². The molecule has 1 fully saturated rings. The molecule has 0 bridgehead atoms. The molecule has 1 atom stereocenters. The third-order valence-electron chi connectivity index (χ3n) is 4.16. The van der Waals surface area contributed by atoms with Crippen molar-refractivity contribution in [2.24, 2.45) is 0 Å². The minimum atomic E-state index is 0.170. The van der Waals surface area contributed by atoms with Gasteiger partial charge in [0.2, 0.25) is 0 Å². The van der Waals surface area contributed by atoms with E-state index < -0.39 is 0 Å². The fraction of sp³-hybridized carbons (Fsp3) is 0.167. The summed E-state index contributed by atoms with van der Waals surface area (Å²) in [4.78, 5) is 14.6. The largest absolute Gasteiger partial charge is 0.305 e. The maximum atomic E-state index is 12.6. The van der Waals surface area contributed by atoms with E-state index in [9.17, 15) is 4.79 Å². The molecule has 4 rings (SSSR count). The Kier molecular flexibility index (Phi) is 2.49. The van der Waals surface area contributed by atoms with Gasteiger partial charge in [-0.05, 0) is 36.1 Å². The van der Waals surface area contributed by atoms with Crippen molar-refractivity contribution in [3.05, 3.63) is 71.3 Å². The van der Waals surface area contributed by atoms with Crippen LogP contribution < -0.4 is 4.90 Å².